The highest BCUT2D eigenvalue weighted by Crippen LogP contribution is 2.47. The molecule has 8 heteroatoms. The molecule has 26 heavy (non-hydrogen) atoms. The van der Waals surface area contributed by atoms with Crippen molar-refractivity contribution in [1.29, 1.82) is 0 Å². The van der Waals surface area contributed by atoms with E-state index >= 15 is 0 Å². The van der Waals surface area contributed by atoms with Crippen molar-refractivity contribution in [1.82, 2.24) is 25.3 Å². The standard InChI is InChI=1S/C18H19N5O2S/c1-26-17-11-9-19-22-15(11)20-16(21-17)13-10-5-4-8-18(14(10)25-23-13)7-3-2-6-12(18)24/h9H,2-8H2,1H3,(H,19,20,21,22)/t18-/m1/s1. The van der Waals surface area contributed by atoms with Crippen molar-refractivity contribution >= 4 is 28.6 Å². The molecule has 0 radical (unpaired) electrons. The number of rotatable bonds is 2. The molecule has 1 atom stereocenters. The van der Waals surface area contributed by atoms with Crippen LogP contribution in [-0.2, 0) is 16.6 Å². The summed E-state index contributed by atoms with van der Waals surface area (Å²) >= 11 is 1.55. The first-order valence-electron chi connectivity index (χ1n) is 9.01. The van der Waals surface area contributed by atoms with Gasteiger partial charge in [0.25, 0.3) is 0 Å². The fourth-order valence-electron chi connectivity index (χ4n) is 4.44. The molecule has 2 aliphatic rings. The van der Waals surface area contributed by atoms with E-state index in [9.17, 15) is 4.79 Å². The Morgan fingerprint density at radius 1 is 1.19 bits per heavy atom. The van der Waals surface area contributed by atoms with Crippen molar-refractivity contribution < 1.29 is 9.32 Å². The summed E-state index contributed by atoms with van der Waals surface area (Å²) < 4.78 is 5.79. The third-order valence-corrected chi connectivity index (χ3v) is 6.42. The highest BCUT2D eigenvalue weighted by atomic mass is 32.2. The quantitative estimate of drug-likeness (QED) is 0.546. The number of nitrogens with one attached hydrogen (secondary N) is 1. The van der Waals surface area contributed by atoms with Gasteiger partial charge in [0.15, 0.2) is 22.9 Å². The Labute approximate surface area is 154 Å². The average Bonchev–Trinajstić information content (AvgIpc) is 3.30. The SMILES string of the molecule is CSc1nc(-c2noc3c2CCC[C@@]32CCCCC2=O)nc2[nH]ncc12. The van der Waals surface area contributed by atoms with Crippen molar-refractivity contribution in [3.05, 3.63) is 17.5 Å². The largest absolute Gasteiger partial charge is 0.359 e. The highest BCUT2D eigenvalue weighted by Gasteiger charge is 2.48. The van der Waals surface area contributed by atoms with Gasteiger partial charge in [-0.25, -0.2) is 9.97 Å². The second kappa shape index (κ2) is 5.90. The predicted molar refractivity (Wildman–Crippen MR) is 97.1 cm³/mol. The molecule has 1 spiro atoms. The average molecular weight is 369 g/mol. The number of thioether (sulfide) groups is 1. The van der Waals surface area contributed by atoms with Crippen molar-refractivity contribution in [3.8, 4) is 11.5 Å². The molecule has 3 heterocycles. The van der Waals surface area contributed by atoms with Crippen LogP contribution in [0, 0.1) is 0 Å². The summed E-state index contributed by atoms with van der Waals surface area (Å²) in [4.78, 5) is 22.1. The molecule has 0 aliphatic heterocycles. The van der Waals surface area contributed by atoms with Crippen LogP contribution >= 0.6 is 11.8 Å². The number of fused-ring (bicyclic) bond motifs is 3. The minimum absolute atomic E-state index is 0.308. The molecule has 3 aromatic rings. The summed E-state index contributed by atoms with van der Waals surface area (Å²) in [5, 5.41) is 13.1. The molecule has 0 amide bonds. The van der Waals surface area contributed by atoms with E-state index in [1.165, 1.54) is 0 Å². The summed E-state index contributed by atoms with van der Waals surface area (Å²) in [5.41, 5.74) is 1.90. The summed E-state index contributed by atoms with van der Waals surface area (Å²) in [6, 6.07) is 0. The lowest BCUT2D eigenvalue weighted by atomic mass is 9.64. The lowest BCUT2D eigenvalue weighted by molar-refractivity contribution is -0.128. The molecule has 0 saturated heterocycles. The molecule has 0 unspecified atom stereocenters. The number of aromatic nitrogens is 5. The first-order chi connectivity index (χ1) is 12.7. The van der Waals surface area contributed by atoms with E-state index in [1.807, 2.05) is 6.26 Å². The van der Waals surface area contributed by atoms with Gasteiger partial charge in [0, 0.05) is 12.0 Å². The Balaban J connectivity index is 1.67. The first kappa shape index (κ1) is 16.0. The van der Waals surface area contributed by atoms with Crippen molar-refractivity contribution in [2.75, 3.05) is 6.26 Å². The van der Waals surface area contributed by atoms with Crippen LogP contribution in [0.5, 0.6) is 0 Å². The zero-order chi connectivity index (χ0) is 17.7. The van der Waals surface area contributed by atoms with E-state index in [-0.39, 0.29) is 0 Å². The Hall–Kier alpha value is -2.22. The van der Waals surface area contributed by atoms with Gasteiger partial charge in [0.05, 0.1) is 17.0 Å². The number of hydrogen-bond acceptors (Lipinski definition) is 7. The smallest absolute Gasteiger partial charge is 0.185 e. The number of carbonyl (C=O) groups excluding carboxylic acids is 1. The number of Topliss-reactive ketones (excluding diaryl/α,β-unsaturated/α-hetero) is 1. The van der Waals surface area contributed by atoms with Crippen molar-refractivity contribution in [2.45, 2.75) is 55.4 Å². The third kappa shape index (κ3) is 2.17. The van der Waals surface area contributed by atoms with Gasteiger partial charge in [-0.1, -0.05) is 11.6 Å². The molecule has 3 aromatic heterocycles. The molecular formula is C18H19N5O2S. The van der Waals surface area contributed by atoms with Crippen LogP contribution < -0.4 is 0 Å². The van der Waals surface area contributed by atoms with Gasteiger partial charge in [-0.2, -0.15) is 5.10 Å². The zero-order valence-corrected chi connectivity index (χ0v) is 15.4. The maximum atomic E-state index is 12.8. The highest BCUT2D eigenvalue weighted by molar-refractivity contribution is 7.98. The summed E-state index contributed by atoms with van der Waals surface area (Å²) in [5.74, 6) is 1.61. The van der Waals surface area contributed by atoms with Crippen molar-refractivity contribution in [3.63, 3.8) is 0 Å². The minimum atomic E-state index is -0.475. The number of aromatic amines is 1. The second-order valence-corrected chi connectivity index (χ2v) is 7.89. The van der Waals surface area contributed by atoms with E-state index in [1.54, 1.807) is 18.0 Å². The normalized spacial score (nSPS) is 22.9. The molecule has 0 aromatic carbocycles. The van der Waals surface area contributed by atoms with Gasteiger partial charge in [-0.3, -0.25) is 9.89 Å². The first-order valence-corrected chi connectivity index (χ1v) is 10.2. The van der Waals surface area contributed by atoms with Crippen molar-refractivity contribution in [2.24, 2.45) is 0 Å². The van der Waals surface area contributed by atoms with E-state index < -0.39 is 5.41 Å². The van der Waals surface area contributed by atoms with Gasteiger partial charge in [0.1, 0.15) is 10.8 Å². The second-order valence-electron chi connectivity index (χ2n) is 7.09. The van der Waals surface area contributed by atoms with E-state index in [2.05, 4.69) is 25.3 Å². The lowest BCUT2D eigenvalue weighted by Crippen LogP contribution is -2.41. The topological polar surface area (TPSA) is 97.6 Å². The van der Waals surface area contributed by atoms with Crippen LogP contribution in [0.25, 0.3) is 22.6 Å². The zero-order valence-electron chi connectivity index (χ0n) is 14.5. The number of nitrogens with zero attached hydrogens (tertiary/aromatic N) is 4. The molecule has 7 nitrogen and oxygen atoms in total. The molecule has 1 fully saturated rings. The Bertz CT molecular complexity index is 1010. The third-order valence-electron chi connectivity index (χ3n) is 5.72. The van der Waals surface area contributed by atoms with Crippen LogP contribution in [0.2, 0.25) is 0 Å². The number of carbonyl (C=O) groups is 1. The van der Waals surface area contributed by atoms with Gasteiger partial charge in [-0.15, -0.1) is 11.8 Å². The van der Waals surface area contributed by atoms with Gasteiger partial charge in [0.2, 0.25) is 0 Å². The summed E-state index contributed by atoms with van der Waals surface area (Å²) in [7, 11) is 0. The summed E-state index contributed by atoms with van der Waals surface area (Å²) in [6.07, 6.45) is 9.95. The number of hydrogen-bond donors (Lipinski definition) is 1. The molecule has 5 rings (SSSR count). The van der Waals surface area contributed by atoms with E-state index in [4.69, 9.17) is 4.52 Å². The molecule has 1 N–H and O–H groups in total. The molecule has 2 aliphatic carbocycles. The van der Waals surface area contributed by atoms with Crippen LogP contribution in [0.3, 0.4) is 0 Å². The fourth-order valence-corrected chi connectivity index (χ4v) is 4.99. The monoisotopic (exact) mass is 369 g/mol. The van der Waals surface area contributed by atoms with Gasteiger partial charge >= 0.3 is 0 Å². The van der Waals surface area contributed by atoms with Crippen LogP contribution in [0.15, 0.2) is 15.7 Å². The van der Waals surface area contributed by atoms with Gasteiger partial charge in [-0.05, 0) is 38.4 Å². The molecule has 0 bridgehead atoms. The lowest BCUT2D eigenvalue weighted by Gasteiger charge is -2.36. The summed E-state index contributed by atoms with van der Waals surface area (Å²) in [6.45, 7) is 0. The Morgan fingerprint density at radius 2 is 2.08 bits per heavy atom. The van der Waals surface area contributed by atoms with Gasteiger partial charge < -0.3 is 4.52 Å². The van der Waals surface area contributed by atoms with E-state index in [0.29, 0.717) is 29.4 Å². The maximum Gasteiger partial charge on any atom is 0.185 e. The van der Waals surface area contributed by atoms with E-state index in [0.717, 1.165) is 60.3 Å². The molecule has 1 saturated carbocycles. The number of H-pyrrole nitrogens is 1. The van der Waals surface area contributed by atoms with Crippen LogP contribution in [0.1, 0.15) is 49.8 Å². The number of ketones is 1. The van der Waals surface area contributed by atoms with Crippen LogP contribution in [0.4, 0.5) is 0 Å². The molecule has 134 valence electrons. The Morgan fingerprint density at radius 3 is 2.92 bits per heavy atom. The Kier molecular flexibility index (Phi) is 3.63. The fraction of sp³-hybridized carbons (Fsp3) is 0.500. The predicted octanol–water partition coefficient (Wildman–Crippen LogP) is 3.45. The maximum absolute atomic E-state index is 12.8. The van der Waals surface area contributed by atoms with Crippen LogP contribution in [-0.4, -0.2) is 37.4 Å². The molecular weight excluding hydrogens is 350 g/mol. The minimum Gasteiger partial charge on any atom is -0.359 e.